The molecule has 0 N–H and O–H groups in total. The first kappa shape index (κ1) is 18.6. The Bertz CT molecular complexity index is 1140. The molecular weight excluding hydrogens is 396 g/mol. The van der Waals surface area contributed by atoms with E-state index in [2.05, 4.69) is 59.2 Å². The van der Waals surface area contributed by atoms with E-state index in [0.29, 0.717) is 0 Å². The number of allylic oxidation sites excluding steroid dienone is 2. The van der Waals surface area contributed by atoms with Crippen molar-refractivity contribution in [2.24, 2.45) is 14.1 Å². The van der Waals surface area contributed by atoms with Crippen molar-refractivity contribution < 1.29 is 0 Å². The Kier molecular flexibility index (Phi) is 4.56. The highest BCUT2D eigenvalue weighted by Gasteiger charge is 2.24. The molecule has 0 fully saturated rings. The quantitative estimate of drug-likeness (QED) is 0.387. The molecule has 29 heavy (non-hydrogen) atoms. The lowest BCUT2D eigenvalue weighted by Crippen LogP contribution is -1.89. The smallest absolute Gasteiger partial charge is 0.149 e. The van der Waals surface area contributed by atoms with E-state index in [0.717, 1.165) is 24.5 Å². The van der Waals surface area contributed by atoms with Gasteiger partial charge in [-0.2, -0.15) is 0 Å². The minimum absolute atomic E-state index is 1.05. The molecular formula is C23H24N4S2. The fourth-order valence-corrected chi connectivity index (χ4v) is 6.50. The standard InChI is InChI=1S/C23H24N4S2/c1-14-18(12-20(28-14)22-24-8-10-26(22)3)16-6-5-7-17(16)19-13-21(29-15(19)2)23-25-9-11-27(23)4/h8-13H,5-7H2,1-4H3. The number of aryl methyl sites for hydroxylation is 4. The van der Waals surface area contributed by atoms with E-state index in [1.807, 2.05) is 47.5 Å². The van der Waals surface area contributed by atoms with Crippen molar-refractivity contribution >= 4 is 33.8 Å². The van der Waals surface area contributed by atoms with Crippen molar-refractivity contribution in [1.82, 2.24) is 19.1 Å². The summed E-state index contributed by atoms with van der Waals surface area (Å²) in [6, 6.07) is 4.70. The summed E-state index contributed by atoms with van der Waals surface area (Å²) in [4.78, 5) is 14.4. The lowest BCUT2D eigenvalue weighted by Gasteiger charge is -2.07. The molecule has 0 spiro atoms. The zero-order valence-corrected chi connectivity index (χ0v) is 18.8. The number of thiophene rings is 2. The average molecular weight is 421 g/mol. The first-order valence-corrected chi connectivity index (χ1v) is 11.5. The third-order valence-electron chi connectivity index (χ3n) is 5.79. The molecule has 0 bridgehead atoms. The summed E-state index contributed by atoms with van der Waals surface area (Å²) in [6.45, 7) is 4.49. The molecule has 0 saturated heterocycles. The van der Waals surface area contributed by atoms with Gasteiger partial charge in [-0.1, -0.05) is 0 Å². The summed E-state index contributed by atoms with van der Waals surface area (Å²) >= 11 is 3.70. The molecule has 0 saturated carbocycles. The van der Waals surface area contributed by atoms with Crippen molar-refractivity contribution in [3.63, 3.8) is 0 Å². The van der Waals surface area contributed by atoms with Gasteiger partial charge in [-0.25, -0.2) is 9.97 Å². The van der Waals surface area contributed by atoms with Gasteiger partial charge in [0.05, 0.1) is 9.75 Å². The minimum Gasteiger partial charge on any atom is -0.333 e. The SMILES string of the molecule is Cc1sc(-c2nccn2C)cc1C1=C(c2cc(-c3nccn3C)sc2C)CCC1. The van der Waals surface area contributed by atoms with Crippen LogP contribution in [0.3, 0.4) is 0 Å². The van der Waals surface area contributed by atoms with Crippen LogP contribution in [-0.4, -0.2) is 19.1 Å². The fraction of sp³-hybridized carbons (Fsp3) is 0.304. The molecule has 5 rings (SSSR count). The second kappa shape index (κ2) is 7.11. The second-order valence-corrected chi connectivity index (χ2v) is 10.2. The highest BCUT2D eigenvalue weighted by molar-refractivity contribution is 7.16. The molecule has 4 aromatic heterocycles. The second-order valence-electron chi connectivity index (χ2n) is 7.70. The van der Waals surface area contributed by atoms with Gasteiger partial charge in [-0.3, -0.25) is 0 Å². The summed E-state index contributed by atoms with van der Waals surface area (Å²) in [5.74, 6) is 2.10. The van der Waals surface area contributed by atoms with Crippen LogP contribution in [0.1, 0.15) is 40.1 Å². The van der Waals surface area contributed by atoms with Crippen molar-refractivity contribution in [3.8, 4) is 21.4 Å². The number of hydrogen-bond acceptors (Lipinski definition) is 4. The topological polar surface area (TPSA) is 35.6 Å². The average Bonchev–Trinajstić information content (AvgIpc) is 3.46. The summed E-state index contributed by atoms with van der Waals surface area (Å²) in [5.41, 5.74) is 5.85. The largest absolute Gasteiger partial charge is 0.333 e. The molecule has 4 heterocycles. The fourth-order valence-electron chi connectivity index (χ4n) is 4.33. The van der Waals surface area contributed by atoms with Crippen LogP contribution >= 0.6 is 22.7 Å². The molecule has 4 nitrogen and oxygen atoms in total. The van der Waals surface area contributed by atoms with Crippen LogP contribution in [0.5, 0.6) is 0 Å². The molecule has 0 unspecified atom stereocenters. The molecule has 4 aromatic rings. The molecule has 0 atom stereocenters. The predicted octanol–water partition coefficient (Wildman–Crippen LogP) is 6.32. The Morgan fingerprint density at radius 3 is 1.59 bits per heavy atom. The van der Waals surface area contributed by atoms with E-state index in [1.54, 1.807) is 0 Å². The zero-order valence-electron chi connectivity index (χ0n) is 17.2. The van der Waals surface area contributed by atoms with Gasteiger partial charge in [0.1, 0.15) is 11.6 Å². The number of nitrogens with zero attached hydrogens (tertiary/aromatic N) is 4. The van der Waals surface area contributed by atoms with Crippen LogP contribution in [0, 0.1) is 13.8 Å². The van der Waals surface area contributed by atoms with Crippen molar-refractivity contribution in [2.75, 3.05) is 0 Å². The van der Waals surface area contributed by atoms with Crippen molar-refractivity contribution in [1.29, 1.82) is 0 Å². The highest BCUT2D eigenvalue weighted by Crippen LogP contribution is 2.46. The van der Waals surface area contributed by atoms with Gasteiger partial charge in [0.15, 0.2) is 0 Å². The van der Waals surface area contributed by atoms with Crippen LogP contribution in [-0.2, 0) is 14.1 Å². The molecule has 0 aromatic carbocycles. The number of imidazole rings is 2. The first-order valence-electron chi connectivity index (χ1n) is 9.92. The molecule has 0 amide bonds. The van der Waals surface area contributed by atoms with Crippen LogP contribution in [0.15, 0.2) is 36.9 Å². The van der Waals surface area contributed by atoms with Gasteiger partial charge < -0.3 is 9.13 Å². The van der Waals surface area contributed by atoms with E-state index in [-0.39, 0.29) is 0 Å². The van der Waals surface area contributed by atoms with Crippen molar-refractivity contribution in [2.45, 2.75) is 33.1 Å². The number of hydrogen-bond donors (Lipinski definition) is 0. The molecule has 0 radical (unpaired) electrons. The summed E-state index contributed by atoms with van der Waals surface area (Å²) < 4.78 is 4.20. The maximum Gasteiger partial charge on any atom is 0.149 e. The number of aromatic nitrogens is 4. The highest BCUT2D eigenvalue weighted by atomic mass is 32.1. The van der Waals surface area contributed by atoms with Crippen LogP contribution in [0.4, 0.5) is 0 Å². The van der Waals surface area contributed by atoms with Crippen LogP contribution < -0.4 is 0 Å². The summed E-state index contributed by atoms with van der Waals surface area (Å²) in [6.07, 6.45) is 11.3. The Morgan fingerprint density at radius 2 is 1.21 bits per heavy atom. The maximum atomic E-state index is 4.55. The van der Waals surface area contributed by atoms with E-state index in [1.165, 1.54) is 48.2 Å². The van der Waals surface area contributed by atoms with Crippen molar-refractivity contribution in [3.05, 3.63) is 57.8 Å². The Labute approximate surface area is 179 Å². The van der Waals surface area contributed by atoms with E-state index < -0.39 is 0 Å². The summed E-state index contributed by atoms with van der Waals surface area (Å²) in [5, 5.41) is 0. The van der Waals surface area contributed by atoms with Gasteiger partial charge in [-0.05, 0) is 67.5 Å². The Hall–Kier alpha value is -2.44. The number of rotatable bonds is 4. The maximum absolute atomic E-state index is 4.55. The van der Waals surface area contributed by atoms with Crippen LogP contribution in [0.25, 0.3) is 32.5 Å². The summed E-state index contributed by atoms with van der Waals surface area (Å²) in [7, 11) is 4.12. The van der Waals surface area contributed by atoms with Gasteiger partial charge in [-0.15, -0.1) is 22.7 Å². The van der Waals surface area contributed by atoms with Gasteiger partial charge in [0.25, 0.3) is 0 Å². The molecule has 1 aliphatic rings. The molecule has 0 aliphatic heterocycles. The van der Waals surface area contributed by atoms with E-state index in [4.69, 9.17) is 0 Å². The van der Waals surface area contributed by atoms with Crippen LogP contribution in [0.2, 0.25) is 0 Å². The molecule has 148 valence electrons. The Balaban J connectivity index is 1.60. The zero-order chi connectivity index (χ0) is 20.1. The lowest BCUT2D eigenvalue weighted by atomic mass is 9.97. The lowest BCUT2D eigenvalue weighted by molar-refractivity contribution is 0.927. The van der Waals surface area contributed by atoms with E-state index in [9.17, 15) is 0 Å². The van der Waals surface area contributed by atoms with E-state index >= 15 is 0 Å². The predicted molar refractivity (Wildman–Crippen MR) is 123 cm³/mol. The third-order valence-corrected chi connectivity index (χ3v) is 7.88. The molecule has 1 aliphatic carbocycles. The normalized spacial score (nSPS) is 14.3. The first-order chi connectivity index (χ1) is 14.0. The molecule has 6 heteroatoms. The van der Waals surface area contributed by atoms with Gasteiger partial charge >= 0.3 is 0 Å². The third kappa shape index (κ3) is 3.11. The minimum atomic E-state index is 1.05. The van der Waals surface area contributed by atoms with Gasteiger partial charge in [0.2, 0.25) is 0 Å². The monoisotopic (exact) mass is 420 g/mol. The van der Waals surface area contributed by atoms with Gasteiger partial charge in [0, 0.05) is 48.6 Å². The Morgan fingerprint density at radius 1 is 0.759 bits per heavy atom.